The van der Waals surface area contributed by atoms with E-state index in [0.717, 1.165) is 70.1 Å². The molecule has 34 heavy (non-hydrogen) atoms. The highest BCUT2D eigenvalue weighted by Gasteiger charge is 2.35. The Bertz CT molecular complexity index is 1390. The van der Waals surface area contributed by atoms with Gasteiger partial charge in [-0.2, -0.15) is 0 Å². The van der Waals surface area contributed by atoms with Crippen LogP contribution in [0, 0.1) is 0 Å². The molecule has 4 aromatic rings. The third-order valence-corrected chi connectivity index (χ3v) is 9.31. The average molecular weight is 514 g/mol. The van der Waals surface area contributed by atoms with Crippen molar-refractivity contribution in [2.75, 3.05) is 45.4 Å². The predicted octanol–water partition coefficient (Wildman–Crippen LogP) is 5.77. The Labute approximate surface area is 207 Å². The van der Waals surface area contributed by atoms with Gasteiger partial charge >= 0.3 is 0 Å². The third kappa shape index (κ3) is 3.13. The Morgan fingerprint density at radius 2 is 1.00 bits per heavy atom. The van der Waals surface area contributed by atoms with E-state index in [0.29, 0.717) is 39.6 Å². The first-order valence-electron chi connectivity index (χ1n) is 10.9. The van der Waals surface area contributed by atoms with Crippen LogP contribution in [0.2, 0.25) is 0 Å². The lowest BCUT2D eigenvalue weighted by molar-refractivity contribution is 0.171. The van der Waals surface area contributed by atoms with Crippen molar-refractivity contribution in [3.63, 3.8) is 0 Å². The molecule has 0 fully saturated rings. The number of ether oxygens (including phenoxy) is 6. The minimum Gasteiger partial charge on any atom is -0.485 e. The zero-order chi connectivity index (χ0) is 22.6. The summed E-state index contributed by atoms with van der Waals surface area (Å²) in [6.45, 7) is 3.09. The van der Waals surface area contributed by atoms with Gasteiger partial charge in [-0.1, -0.05) is 12.1 Å². The normalized spacial score (nSPS) is 15.9. The fourth-order valence-electron chi connectivity index (χ4n) is 4.19. The number of fused-ring (bicyclic) bond motifs is 3. The van der Waals surface area contributed by atoms with Crippen LogP contribution in [0.25, 0.3) is 29.9 Å². The van der Waals surface area contributed by atoms with Gasteiger partial charge in [0.25, 0.3) is 0 Å². The number of benzene rings is 1. The molecule has 0 amide bonds. The molecule has 1 aromatic carbocycles. The number of hydrogen-bond acceptors (Lipinski definition) is 10. The number of thiophene rings is 3. The van der Waals surface area contributed by atoms with Crippen LogP contribution in [0.4, 0.5) is 5.69 Å². The maximum absolute atomic E-state index is 6.17. The second-order valence-corrected chi connectivity index (χ2v) is 10.7. The maximum atomic E-state index is 6.17. The summed E-state index contributed by atoms with van der Waals surface area (Å²) in [5.74, 6) is 4.56. The van der Waals surface area contributed by atoms with Crippen LogP contribution >= 0.6 is 34.0 Å². The molecule has 2 N–H and O–H groups in total. The molecule has 7 rings (SSSR count). The Balaban J connectivity index is 1.41. The number of hydrogen-bond donors (Lipinski definition) is 1. The van der Waals surface area contributed by atoms with Gasteiger partial charge in [-0.25, -0.2) is 0 Å². The van der Waals surface area contributed by atoms with Crippen LogP contribution in [0.15, 0.2) is 29.6 Å². The van der Waals surface area contributed by atoms with Crippen LogP contribution in [0.3, 0.4) is 0 Å². The maximum Gasteiger partial charge on any atom is 0.181 e. The van der Waals surface area contributed by atoms with E-state index in [9.17, 15) is 0 Å². The van der Waals surface area contributed by atoms with Crippen molar-refractivity contribution in [2.45, 2.75) is 0 Å². The molecule has 10 heteroatoms. The van der Waals surface area contributed by atoms with Crippen LogP contribution in [0.5, 0.6) is 34.5 Å². The van der Waals surface area contributed by atoms with Crippen molar-refractivity contribution in [1.82, 2.24) is 0 Å². The van der Waals surface area contributed by atoms with Crippen LogP contribution in [0.1, 0.15) is 0 Å². The quantitative estimate of drug-likeness (QED) is 0.349. The molecule has 0 atom stereocenters. The van der Waals surface area contributed by atoms with Crippen molar-refractivity contribution in [2.24, 2.45) is 0 Å². The van der Waals surface area contributed by atoms with Crippen molar-refractivity contribution in [3.8, 4) is 64.4 Å². The summed E-state index contributed by atoms with van der Waals surface area (Å²) in [5, 5.41) is 1.99. The zero-order valence-electron chi connectivity index (χ0n) is 17.9. The molecule has 0 spiro atoms. The first kappa shape index (κ1) is 20.3. The molecule has 6 heterocycles. The van der Waals surface area contributed by atoms with Crippen LogP contribution in [-0.4, -0.2) is 39.6 Å². The second kappa shape index (κ2) is 8.00. The van der Waals surface area contributed by atoms with Crippen LogP contribution < -0.4 is 34.2 Å². The van der Waals surface area contributed by atoms with Gasteiger partial charge < -0.3 is 34.2 Å². The van der Waals surface area contributed by atoms with Gasteiger partial charge in [0.1, 0.15) is 39.6 Å². The average Bonchev–Trinajstić information content (AvgIpc) is 3.58. The standard InChI is InChI=1S/C24H19NO6S3/c25-13-3-1-12(2-4-13)20-16-17(29-8-7-28-16)23(33-20)24-19-18(30-9-10-31-19)22(34-24)21-15-14(11-32-21)26-5-6-27-15/h1-4,11H,5-10,25H2. The minimum absolute atomic E-state index is 0.494. The molecular weight excluding hydrogens is 494 g/mol. The summed E-state index contributed by atoms with van der Waals surface area (Å²) in [6.07, 6.45) is 0. The lowest BCUT2D eigenvalue weighted by Crippen LogP contribution is -2.16. The minimum atomic E-state index is 0.494. The van der Waals surface area contributed by atoms with Gasteiger partial charge in [-0.15, -0.1) is 34.0 Å². The van der Waals surface area contributed by atoms with E-state index in [4.69, 9.17) is 34.2 Å². The number of nitrogen functional groups attached to an aromatic ring is 1. The smallest absolute Gasteiger partial charge is 0.181 e. The highest BCUT2D eigenvalue weighted by molar-refractivity contribution is 7.28. The van der Waals surface area contributed by atoms with E-state index in [1.807, 2.05) is 29.6 Å². The largest absolute Gasteiger partial charge is 0.485 e. The number of nitrogens with two attached hydrogens (primary N) is 1. The summed E-state index contributed by atoms with van der Waals surface area (Å²) in [7, 11) is 0. The van der Waals surface area contributed by atoms with Gasteiger partial charge in [0.05, 0.1) is 24.4 Å². The summed E-state index contributed by atoms with van der Waals surface area (Å²) in [5.41, 5.74) is 7.67. The van der Waals surface area contributed by atoms with Crippen molar-refractivity contribution in [1.29, 1.82) is 0 Å². The highest BCUT2D eigenvalue weighted by Crippen LogP contribution is 2.63. The molecule has 0 bridgehead atoms. The van der Waals surface area contributed by atoms with E-state index in [1.165, 1.54) is 0 Å². The first-order valence-corrected chi connectivity index (χ1v) is 13.4. The summed E-state index contributed by atoms with van der Waals surface area (Å²) in [4.78, 5) is 4.93. The molecule has 7 nitrogen and oxygen atoms in total. The van der Waals surface area contributed by atoms with Crippen molar-refractivity contribution in [3.05, 3.63) is 29.6 Å². The Hall–Kier alpha value is -3.08. The second-order valence-electron chi connectivity index (χ2n) is 7.81. The van der Waals surface area contributed by atoms with Gasteiger partial charge in [0.2, 0.25) is 0 Å². The zero-order valence-corrected chi connectivity index (χ0v) is 20.3. The topological polar surface area (TPSA) is 81.4 Å². The molecule has 174 valence electrons. The molecule has 0 aliphatic carbocycles. The first-order chi connectivity index (χ1) is 16.8. The molecule has 0 radical (unpaired) electrons. The fraction of sp³-hybridized carbons (Fsp3) is 0.250. The third-order valence-electron chi connectivity index (χ3n) is 5.68. The Kier molecular flexibility index (Phi) is 4.78. The van der Waals surface area contributed by atoms with Gasteiger partial charge in [0.15, 0.2) is 34.5 Å². The van der Waals surface area contributed by atoms with E-state index >= 15 is 0 Å². The Morgan fingerprint density at radius 1 is 0.529 bits per heavy atom. The van der Waals surface area contributed by atoms with Crippen LogP contribution in [-0.2, 0) is 0 Å². The van der Waals surface area contributed by atoms with Gasteiger partial charge in [0, 0.05) is 11.1 Å². The SMILES string of the molecule is Nc1ccc(-c2sc(-c3sc(-c4scc5c4OCCO5)c4c3OCCO4)c3c2OCCO3)cc1. The molecule has 3 aliphatic rings. The van der Waals surface area contributed by atoms with Gasteiger partial charge in [-0.3, -0.25) is 0 Å². The Morgan fingerprint density at radius 3 is 1.62 bits per heavy atom. The molecular formula is C24H19NO6S3. The molecule has 3 aromatic heterocycles. The van der Waals surface area contributed by atoms with Crippen molar-refractivity contribution < 1.29 is 28.4 Å². The summed E-state index contributed by atoms with van der Waals surface area (Å²) in [6, 6.07) is 7.81. The highest BCUT2D eigenvalue weighted by atomic mass is 32.1. The van der Waals surface area contributed by atoms with E-state index in [1.54, 1.807) is 34.0 Å². The summed E-state index contributed by atoms with van der Waals surface area (Å²) >= 11 is 4.85. The lowest BCUT2D eigenvalue weighted by Gasteiger charge is -2.19. The van der Waals surface area contributed by atoms with Crippen molar-refractivity contribution >= 4 is 39.7 Å². The van der Waals surface area contributed by atoms with E-state index in [2.05, 4.69) is 0 Å². The molecule has 0 saturated carbocycles. The van der Waals surface area contributed by atoms with Gasteiger partial charge in [-0.05, 0) is 17.7 Å². The lowest BCUT2D eigenvalue weighted by atomic mass is 10.1. The molecule has 3 aliphatic heterocycles. The molecule has 0 unspecified atom stereocenters. The molecule has 0 saturated heterocycles. The van der Waals surface area contributed by atoms with E-state index < -0.39 is 0 Å². The number of anilines is 1. The number of rotatable bonds is 3. The fourth-order valence-corrected chi connectivity index (χ4v) is 7.78. The summed E-state index contributed by atoms with van der Waals surface area (Å²) < 4.78 is 36.3. The predicted molar refractivity (Wildman–Crippen MR) is 134 cm³/mol. The van der Waals surface area contributed by atoms with E-state index in [-0.39, 0.29) is 0 Å². The monoisotopic (exact) mass is 513 g/mol.